The number of hydrogen-bond acceptors (Lipinski definition) is 4. The molecule has 1 N–H and O–H groups in total. The van der Waals surface area contributed by atoms with Crippen LogP contribution in [0.5, 0.6) is 11.5 Å². The van der Waals surface area contributed by atoms with Gasteiger partial charge in [0, 0.05) is 12.1 Å². The van der Waals surface area contributed by atoms with E-state index in [2.05, 4.69) is 5.32 Å². The molecule has 0 aliphatic carbocycles. The fraction of sp³-hybridized carbons (Fsp3) is 0.182. The molecule has 0 bridgehead atoms. The molecule has 3 rings (SSSR count). The Morgan fingerprint density at radius 3 is 2.26 bits per heavy atom. The number of benzene rings is 3. The number of Topliss-reactive ketones (excluding diaryl/α,β-unsaturated/α-hetero) is 1. The predicted octanol–water partition coefficient (Wildman–Crippen LogP) is 3.75. The summed E-state index contributed by atoms with van der Waals surface area (Å²) in [6.45, 7) is 1.85. The van der Waals surface area contributed by atoms with Crippen molar-refractivity contribution in [1.29, 1.82) is 0 Å². The lowest BCUT2D eigenvalue weighted by Gasteiger charge is -2.09. The summed E-state index contributed by atoms with van der Waals surface area (Å²) in [4.78, 5) is 23.3. The van der Waals surface area contributed by atoms with Gasteiger partial charge in [0.15, 0.2) is 12.4 Å². The topological polar surface area (TPSA) is 64.6 Å². The number of hydrogen-bond donors (Lipinski definition) is 1. The minimum absolute atomic E-state index is 0.00637. The molecule has 0 atom stereocenters. The van der Waals surface area contributed by atoms with Crippen LogP contribution in [0.15, 0.2) is 60.7 Å². The summed E-state index contributed by atoms with van der Waals surface area (Å²) in [6, 6.07) is 18.6. The van der Waals surface area contributed by atoms with Crippen LogP contribution in [0.1, 0.15) is 22.8 Å². The number of carbonyl (C=O) groups is 2. The highest BCUT2D eigenvalue weighted by Gasteiger charge is 2.05. The van der Waals surface area contributed by atoms with E-state index in [9.17, 15) is 9.59 Å². The first kappa shape index (κ1) is 18.5. The molecule has 5 heteroatoms. The second kappa shape index (κ2) is 8.36. The van der Waals surface area contributed by atoms with Gasteiger partial charge < -0.3 is 14.8 Å². The van der Waals surface area contributed by atoms with E-state index in [1.807, 2.05) is 36.4 Å². The van der Waals surface area contributed by atoms with Gasteiger partial charge in [0.1, 0.15) is 11.5 Å². The molecule has 27 heavy (non-hydrogen) atoms. The zero-order chi connectivity index (χ0) is 19.2. The summed E-state index contributed by atoms with van der Waals surface area (Å²) in [5.41, 5.74) is 1.62. The average molecular weight is 363 g/mol. The first-order valence-electron chi connectivity index (χ1n) is 8.62. The van der Waals surface area contributed by atoms with Crippen LogP contribution in [0.3, 0.4) is 0 Å². The van der Waals surface area contributed by atoms with E-state index < -0.39 is 0 Å². The molecule has 0 aliphatic rings. The molecule has 5 nitrogen and oxygen atoms in total. The normalized spacial score (nSPS) is 10.4. The van der Waals surface area contributed by atoms with Crippen LogP contribution in [0.25, 0.3) is 10.8 Å². The zero-order valence-corrected chi connectivity index (χ0v) is 15.3. The standard InChI is InChI=1S/C22H21NO4/c1-15(24)17-5-8-20(9-6-17)27-14-22(25)23-13-16-3-4-19-12-21(26-2)10-7-18(19)11-16/h3-12H,13-14H2,1-2H3,(H,23,25). The number of ketones is 1. The van der Waals surface area contributed by atoms with Crippen LogP contribution < -0.4 is 14.8 Å². The molecule has 1 amide bonds. The van der Waals surface area contributed by atoms with Crippen LogP contribution in [-0.2, 0) is 11.3 Å². The van der Waals surface area contributed by atoms with Crippen molar-refractivity contribution in [2.75, 3.05) is 13.7 Å². The molecular weight excluding hydrogens is 342 g/mol. The lowest BCUT2D eigenvalue weighted by Crippen LogP contribution is -2.28. The van der Waals surface area contributed by atoms with E-state index in [-0.39, 0.29) is 18.3 Å². The summed E-state index contributed by atoms with van der Waals surface area (Å²) < 4.78 is 10.7. The van der Waals surface area contributed by atoms with E-state index in [1.54, 1.807) is 31.4 Å². The van der Waals surface area contributed by atoms with Gasteiger partial charge in [-0.2, -0.15) is 0 Å². The SMILES string of the molecule is COc1ccc2cc(CNC(=O)COc3ccc(C(C)=O)cc3)ccc2c1. The number of fused-ring (bicyclic) bond motifs is 1. The van der Waals surface area contributed by atoms with E-state index >= 15 is 0 Å². The van der Waals surface area contributed by atoms with Gasteiger partial charge in [-0.1, -0.05) is 18.2 Å². The maximum atomic E-state index is 12.0. The van der Waals surface area contributed by atoms with Gasteiger partial charge in [0.2, 0.25) is 0 Å². The van der Waals surface area contributed by atoms with E-state index in [0.29, 0.717) is 17.9 Å². The minimum atomic E-state index is -0.208. The van der Waals surface area contributed by atoms with Crippen LogP contribution in [0.2, 0.25) is 0 Å². The molecule has 0 spiro atoms. The number of amides is 1. The van der Waals surface area contributed by atoms with Crippen LogP contribution >= 0.6 is 0 Å². The van der Waals surface area contributed by atoms with Crippen LogP contribution in [-0.4, -0.2) is 25.4 Å². The van der Waals surface area contributed by atoms with E-state index in [0.717, 1.165) is 22.1 Å². The van der Waals surface area contributed by atoms with Gasteiger partial charge in [-0.25, -0.2) is 0 Å². The van der Waals surface area contributed by atoms with Crippen molar-refractivity contribution in [3.05, 3.63) is 71.8 Å². The average Bonchev–Trinajstić information content (AvgIpc) is 2.70. The van der Waals surface area contributed by atoms with Crippen molar-refractivity contribution in [3.63, 3.8) is 0 Å². The Kier molecular flexibility index (Phi) is 5.71. The summed E-state index contributed by atoms with van der Waals surface area (Å²) in [7, 11) is 1.64. The molecule has 0 heterocycles. The van der Waals surface area contributed by atoms with Crippen LogP contribution in [0, 0.1) is 0 Å². The zero-order valence-electron chi connectivity index (χ0n) is 15.3. The Morgan fingerprint density at radius 1 is 0.889 bits per heavy atom. The molecule has 0 radical (unpaired) electrons. The van der Waals surface area contributed by atoms with Gasteiger partial charge in [-0.15, -0.1) is 0 Å². The summed E-state index contributed by atoms with van der Waals surface area (Å²) in [6.07, 6.45) is 0. The van der Waals surface area contributed by atoms with Gasteiger partial charge in [-0.3, -0.25) is 9.59 Å². The molecule has 3 aromatic rings. The lowest BCUT2D eigenvalue weighted by molar-refractivity contribution is -0.123. The van der Waals surface area contributed by atoms with Crippen molar-refractivity contribution >= 4 is 22.5 Å². The smallest absolute Gasteiger partial charge is 0.258 e. The summed E-state index contributed by atoms with van der Waals surface area (Å²) in [5.74, 6) is 1.15. The summed E-state index contributed by atoms with van der Waals surface area (Å²) >= 11 is 0. The van der Waals surface area contributed by atoms with Gasteiger partial charge in [0.25, 0.3) is 5.91 Å². The quantitative estimate of drug-likeness (QED) is 0.650. The fourth-order valence-corrected chi connectivity index (χ4v) is 2.70. The lowest BCUT2D eigenvalue weighted by atomic mass is 10.1. The van der Waals surface area contributed by atoms with E-state index in [1.165, 1.54) is 6.92 Å². The Balaban J connectivity index is 1.52. The number of methoxy groups -OCH3 is 1. The highest BCUT2D eigenvalue weighted by Crippen LogP contribution is 2.21. The molecule has 0 aliphatic heterocycles. The van der Waals surface area contributed by atoms with Crippen molar-refractivity contribution < 1.29 is 19.1 Å². The monoisotopic (exact) mass is 363 g/mol. The molecule has 0 aromatic heterocycles. The third kappa shape index (κ3) is 4.85. The molecule has 0 saturated carbocycles. The Labute approximate surface area is 157 Å². The molecule has 0 fully saturated rings. The number of carbonyl (C=O) groups excluding carboxylic acids is 2. The van der Waals surface area contributed by atoms with E-state index in [4.69, 9.17) is 9.47 Å². The second-order valence-electron chi connectivity index (χ2n) is 6.19. The van der Waals surface area contributed by atoms with Crippen molar-refractivity contribution in [2.24, 2.45) is 0 Å². The summed E-state index contributed by atoms with van der Waals surface area (Å²) in [5, 5.41) is 5.02. The number of rotatable bonds is 7. The van der Waals surface area contributed by atoms with Crippen molar-refractivity contribution in [2.45, 2.75) is 13.5 Å². The number of nitrogens with one attached hydrogen (secondary N) is 1. The maximum Gasteiger partial charge on any atom is 0.258 e. The third-order valence-electron chi connectivity index (χ3n) is 4.23. The van der Waals surface area contributed by atoms with Gasteiger partial charge >= 0.3 is 0 Å². The van der Waals surface area contributed by atoms with Crippen molar-refractivity contribution in [3.8, 4) is 11.5 Å². The molecule has 0 saturated heterocycles. The first-order chi connectivity index (χ1) is 13.0. The van der Waals surface area contributed by atoms with Crippen molar-refractivity contribution in [1.82, 2.24) is 5.32 Å². The van der Waals surface area contributed by atoms with Crippen LogP contribution in [0.4, 0.5) is 0 Å². The van der Waals surface area contributed by atoms with Gasteiger partial charge in [-0.05, 0) is 65.7 Å². The Bertz CT molecular complexity index is 964. The second-order valence-corrected chi connectivity index (χ2v) is 6.19. The highest BCUT2D eigenvalue weighted by atomic mass is 16.5. The Hall–Kier alpha value is -3.34. The molecule has 138 valence electrons. The maximum absolute atomic E-state index is 12.0. The minimum Gasteiger partial charge on any atom is -0.497 e. The molecule has 3 aromatic carbocycles. The predicted molar refractivity (Wildman–Crippen MR) is 104 cm³/mol. The molecule has 0 unspecified atom stereocenters. The largest absolute Gasteiger partial charge is 0.497 e. The first-order valence-corrected chi connectivity index (χ1v) is 8.62. The molecular formula is C22H21NO4. The number of ether oxygens (including phenoxy) is 2. The fourth-order valence-electron chi connectivity index (χ4n) is 2.70. The highest BCUT2D eigenvalue weighted by molar-refractivity contribution is 5.94. The van der Waals surface area contributed by atoms with Gasteiger partial charge in [0.05, 0.1) is 7.11 Å². The Morgan fingerprint density at radius 2 is 1.56 bits per heavy atom. The third-order valence-corrected chi connectivity index (χ3v) is 4.23.